The summed E-state index contributed by atoms with van der Waals surface area (Å²) in [6, 6.07) is 4.13. The molecule has 1 aromatic carbocycles. The zero-order valence-electron chi connectivity index (χ0n) is 9.18. The van der Waals surface area contributed by atoms with Gasteiger partial charge in [0.2, 0.25) is 0 Å². The molecule has 83 valence electrons. The molecule has 0 bridgehead atoms. The number of ether oxygens (including phenoxy) is 1. The van der Waals surface area contributed by atoms with E-state index in [1.807, 2.05) is 6.20 Å². The summed E-state index contributed by atoms with van der Waals surface area (Å²) in [5, 5.41) is 1.30. The molecule has 1 aliphatic heterocycles. The van der Waals surface area contributed by atoms with Crippen molar-refractivity contribution in [1.82, 2.24) is 10.7 Å². The normalized spacial score (nSPS) is 14.8. The lowest BCUT2D eigenvalue weighted by Crippen LogP contribution is -2.08. The molecule has 0 atom stereocenters. The molecule has 2 N–H and O–H groups in total. The highest BCUT2D eigenvalue weighted by Gasteiger charge is 2.16. The van der Waals surface area contributed by atoms with Crippen LogP contribution in [0.2, 0.25) is 0 Å². The molecule has 1 aromatic heterocycles. The molecule has 3 heteroatoms. The van der Waals surface area contributed by atoms with Crippen molar-refractivity contribution in [3.8, 4) is 5.75 Å². The van der Waals surface area contributed by atoms with Gasteiger partial charge >= 0.3 is 0 Å². The van der Waals surface area contributed by atoms with E-state index >= 15 is 0 Å². The van der Waals surface area contributed by atoms with Gasteiger partial charge in [-0.3, -0.25) is 5.73 Å². The number of rotatable bonds is 2. The first-order chi connectivity index (χ1) is 7.90. The lowest BCUT2D eigenvalue weighted by Gasteiger charge is -2.18. The van der Waals surface area contributed by atoms with Crippen molar-refractivity contribution < 1.29 is 4.74 Å². The van der Waals surface area contributed by atoms with E-state index in [9.17, 15) is 0 Å². The zero-order chi connectivity index (χ0) is 11.0. The van der Waals surface area contributed by atoms with E-state index < -0.39 is 0 Å². The third kappa shape index (κ3) is 1.39. The molecule has 16 heavy (non-hydrogen) atoms. The topological polar surface area (TPSA) is 48.8 Å². The van der Waals surface area contributed by atoms with Gasteiger partial charge in [-0.25, -0.2) is 0 Å². The number of hydrogen-bond donors (Lipinski definition) is 1. The minimum atomic E-state index is 0.442. The van der Waals surface area contributed by atoms with E-state index in [1.165, 1.54) is 22.0 Å². The van der Waals surface area contributed by atoms with Crippen molar-refractivity contribution in [2.24, 2.45) is 0 Å². The van der Waals surface area contributed by atoms with Crippen LogP contribution in [0.15, 0.2) is 18.3 Å². The van der Waals surface area contributed by atoms with Gasteiger partial charge in [0.1, 0.15) is 5.75 Å². The maximum Gasteiger partial charge on any atom is 0.123 e. The Balaban J connectivity index is 2.23. The Morgan fingerprint density at radius 3 is 3.19 bits per heavy atom. The summed E-state index contributed by atoms with van der Waals surface area (Å²) in [4.78, 5) is 3.28. The van der Waals surface area contributed by atoms with Gasteiger partial charge in [-0.2, -0.15) is 0 Å². The lowest BCUT2D eigenvalue weighted by atomic mass is 9.98. The van der Waals surface area contributed by atoms with Crippen LogP contribution in [0, 0.1) is 0 Å². The van der Waals surface area contributed by atoms with E-state index in [4.69, 9.17) is 10.5 Å². The van der Waals surface area contributed by atoms with Gasteiger partial charge in [-0.15, -0.1) is 0 Å². The lowest BCUT2D eigenvalue weighted by molar-refractivity contribution is 0.289. The van der Waals surface area contributed by atoms with Gasteiger partial charge in [-0.05, 0) is 37.0 Å². The maximum atomic E-state index is 7.35. The fourth-order valence-electron chi connectivity index (χ4n) is 2.50. The van der Waals surface area contributed by atoms with Crippen LogP contribution in [-0.4, -0.2) is 18.1 Å². The molecule has 0 saturated carbocycles. The van der Waals surface area contributed by atoms with Crippen LogP contribution in [0.5, 0.6) is 5.75 Å². The smallest absolute Gasteiger partial charge is 0.123 e. The van der Waals surface area contributed by atoms with Crippen LogP contribution >= 0.6 is 0 Å². The van der Waals surface area contributed by atoms with Crippen molar-refractivity contribution in [2.75, 3.05) is 13.2 Å². The average molecular weight is 215 g/mol. The SMILES string of the molecule is [NH]CCc1c[nH]c2ccc3c(c12)CCCO3. The molecule has 1 aliphatic rings. The number of aryl methyl sites for hydroxylation is 1. The second kappa shape index (κ2) is 3.83. The third-order valence-electron chi connectivity index (χ3n) is 3.22. The molecule has 3 nitrogen and oxygen atoms in total. The summed E-state index contributed by atoms with van der Waals surface area (Å²) in [6.45, 7) is 1.27. The van der Waals surface area contributed by atoms with Crippen LogP contribution in [0.25, 0.3) is 10.9 Å². The standard InChI is InChI=1S/C13H15N2O/c14-6-5-9-8-15-11-3-4-12-10(13(9)11)2-1-7-16-12/h3-4,8,14-15H,1-2,5-7H2. The van der Waals surface area contributed by atoms with Crippen LogP contribution in [0.1, 0.15) is 17.5 Å². The van der Waals surface area contributed by atoms with Crippen molar-refractivity contribution in [3.63, 3.8) is 0 Å². The summed E-state index contributed by atoms with van der Waals surface area (Å²) in [5.41, 5.74) is 11.1. The second-order valence-corrected chi connectivity index (χ2v) is 4.23. The Labute approximate surface area is 94.6 Å². The number of H-pyrrole nitrogens is 1. The molecule has 0 amide bonds. The Morgan fingerprint density at radius 1 is 1.38 bits per heavy atom. The first-order valence-electron chi connectivity index (χ1n) is 5.79. The van der Waals surface area contributed by atoms with Crippen LogP contribution < -0.4 is 10.5 Å². The Bertz CT molecular complexity index is 516. The van der Waals surface area contributed by atoms with Gasteiger partial charge in [0.15, 0.2) is 0 Å². The van der Waals surface area contributed by atoms with Crippen molar-refractivity contribution in [2.45, 2.75) is 19.3 Å². The van der Waals surface area contributed by atoms with Crippen molar-refractivity contribution in [3.05, 3.63) is 29.5 Å². The molecule has 1 radical (unpaired) electrons. The molecule has 0 unspecified atom stereocenters. The van der Waals surface area contributed by atoms with Crippen LogP contribution in [-0.2, 0) is 12.8 Å². The highest BCUT2D eigenvalue weighted by atomic mass is 16.5. The summed E-state index contributed by atoms with van der Waals surface area (Å²) in [7, 11) is 0. The predicted octanol–water partition coefficient (Wildman–Crippen LogP) is 2.32. The maximum absolute atomic E-state index is 7.35. The summed E-state index contributed by atoms with van der Waals surface area (Å²) >= 11 is 0. The predicted molar refractivity (Wildman–Crippen MR) is 63.8 cm³/mol. The molecule has 0 spiro atoms. The number of aromatic nitrogens is 1. The number of benzene rings is 1. The van der Waals surface area contributed by atoms with Crippen LogP contribution in [0.3, 0.4) is 0 Å². The highest BCUT2D eigenvalue weighted by molar-refractivity contribution is 5.89. The van der Waals surface area contributed by atoms with E-state index in [-0.39, 0.29) is 0 Å². The van der Waals surface area contributed by atoms with Crippen LogP contribution in [0.4, 0.5) is 0 Å². The Kier molecular flexibility index (Phi) is 2.33. The van der Waals surface area contributed by atoms with Gasteiger partial charge < -0.3 is 9.72 Å². The first kappa shape index (κ1) is 9.73. The monoisotopic (exact) mass is 215 g/mol. The first-order valence-corrected chi connectivity index (χ1v) is 5.79. The van der Waals surface area contributed by atoms with E-state index in [0.717, 1.165) is 31.6 Å². The molecular formula is C13H15N2O. The molecule has 3 rings (SSSR count). The minimum Gasteiger partial charge on any atom is -0.493 e. The van der Waals surface area contributed by atoms with Gasteiger partial charge in [0.05, 0.1) is 6.61 Å². The molecule has 2 aromatic rings. The van der Waals surface area contributed by atoms with E-state index in [1.54, 1.807) is 0 Å². The Hall–Kier alpha value is -1.48. The van der Waals surface area contributed by atoms with Gasteiger partial charge in [0.25, 0.3) is 0 Å². The quantitative estimate of drug-likeness (QED) is 0.821. The molecule has 0 saturated heterocycles. The molecule has 0 fully saturated rings. The molecular weight excluding hydrogens is 200 g/mol. The highest BCUT2D eigenvalue weighted by Crippen LogP contribution is 2.33. The second-order valence-electron chi connectivity index (χ2n) is 4.23. The summed E-state index contributed by atoms with van der Waals surface area (Å²) in [5.74, 6) is 1.03. The summed E-state index contributed by atoms with van der Waals surface area (Å²) < 4.78 is 5.67. The third-order valence-corrected chi connectivity index (χ3v) is 3.22. The van der Waals surface area contributed by atoms with E-state index in [2.05, 4.69) is 17.1 Å². The molecule has 0 aliphatic carbocycles. The molecule has 2 heterocycles. The van der Waals surface area contributed by atoms with Gasteiger partial charge in [-0.1, -0.05) is 0 Å². The van der Waals surface area contributed by atoms with Crippen molar-refractivity contribution in [1.29, 1.82) is 0 Å². The fourth-order valence-corrected chi connectivity index (χ4v) is 2.50. The number of aromatic amines is 1. The van der Waals surface area contributed by atoms with E-state index in [0.29, 0.717) is 6.54 Å². The minimum absolute atomic E-state index is 0.442. The van der Waals surface area contributed by atoms with Gasteiger partial charge in [0, 0.05) is 29.2 Å². The number of hydrogen-bond acceptors (Lipinski definition) is 1. The summed E-state index contributed by atoms with van der Waals surface area (Å²) in [6.07, 6.45) is 5.04. The fraction of sp³-hybridized carbons (Fsp3) is 0.385. The number of nitrogens with one attached hydrogen (secondary N) is 2. The largest absolute Gasteiger partial charge is 0.493 e. The number of fused-ring (bicyclic) bond motifs is 3. The van der Waals surface area contributed by atoms with Crippen molar-refractivity contribution >= 4 is 10.9 Å². The Morgan fingerprint density at radius 2 is 2.31 bits per heavy atom. The average Bonchev–Trinajstić information content (AvgIpc) is 2.73. The zero-order valence-corrected chi connectivity index (χ0v) is 9.18.